The van der Waals surface area contributed by atoms with Crippen LogP contribution in [0.25, 0.3) is 0 Å². The average Bonchev–Trinajstić information content (AvgIpc) is 2.71. The highest BCUT2D eigenvalue weighted by Crippen LogP contribution is 2.12. The molecule has 114 valence electrons. The maximum atomic E-state index is 11.6. The minimum Gasteiger partial charge on any atom is -0.353 e. The number of hydrogen-bond donors (Lipinski definition) is 2. The molecule has 0 bridgehead atoms. The molecular formula is C12H24N6OS. The average molecular weight is 300 g/mol. The van der Waals surface area contributed by atoms with Crippen LogP contribution in [-0.4, -0.2) is 50.0 Å². The normalized spacial score (nSPS) is 11.9. The lowest BCUT2D eigenvalue weighted by Gasteiger charge is -2.20. The molecule has 0 saturated carbocycles. The molecule has 0 aliphatic rings. The van der Waals surface area contributed by atoms with E-state index >= 15 is 0 Å². The van der Waals surface area contributed by atoms with Gasteiger partial charge in [0.25, 0.3) is 0 Å². The van der Waals surface area contributed by atoms with Gasteiger partial charge in [-0.05, 0) is 45.0 Å². The van der Waals surface area contributed by atoms with Crippen molar-refractivity contribution < 1.29 is 4.79 Å². The van der Waals surface area contributed by atoms with Gasteiger partial charge in [0.1, 0.15) is 0 Å². The van der Waals surface area contributed by atoms with Gasteiger partial charge in [0, 0.05) is 18.1 Å². The SMILES string of the molecule is CC(C)NC(=O)CSc1nnnn1CCNC(C)(C)C. The Morgan fingerprint density at radius 3 is 2.70 bits per heavy atom. The van der Waals surface area contributed by atoms with Gasteiger partial charge in [-0.25, -0.2) is 4.68 Å². The number of amides is 1. The van der Waals surface area contributed by atoms with Gasteiger partial charge in [0.05, 0.1) is 12.3 Å². The van der Waals surface area contributed by atoms with Gasteiger partial charge < -0.3 is 10.6 Å². The predicted molar refractivity (Wildman–Crippen MR) is 79.6 cm³/mol. The van der Waals surface area contributed by atoms with Crippen molar-refractivity contribution in [2.75, 3.05) is 12.3 Å². The molecule has 1 amide bonds. The third-order valence-electron chi connectivity index (χ3n) is 2.26. The summed E-state index contributed by atoms with van der Waals surface area (Å²) in [5.41, 5.74) is 0.0679. The molecule has 7 nitrogen and oxygen atoms in total. The smallest absolute Gasteiger partial charge is 0.230 e. The van der Waals surface area contributed by atoms with Gasteiger partial charge in [0.15, 0.2) is 0 Å². The quantitative estimate of drug-likeness (QED) is 0.720. The number of thioether (sulfide) groups is 1. The first-order valence-corrected chi connectivity index (χ1v) is 7.70. The number of tetrazole rings is 1. The largest absolute Gasteiger partial charge is 0.353 e. The summed E-state index contributed by atoms with van der Waals surface area (Å²) in [7, 11) is 0. The maximum absolute atomic E-state index is 11.6. The molecule has 0 spiro atoms. The number of hydrogen-bond acceptors (Lipinski definition) is 6. The van der Waals surface area contributed by atoms with Crippen LogP contribution < -0.4 is 10.6 Å². The third-order valence-corrected chi connectivity index (χ3v) is 3.22. The maximum Gasteiger partial charge on any atom is 0.230 e. The fraction of sp³-hybridized carbons (Fsp3) is 0.833. The van der Waals surface area contributed by atoms with Crippen molar-refractivity contribution in [2.24, 2.45) is 0 Å². The molecule has 0 aliphatic heterocycles. The van der Waals surface area contributed by atoms with E-state index < -0.39 is 0 Å². The summed E-state index contributed by atoms with van der Waals surface area (Å²) in [6.45, 7) is 11.7. The van der Waals surface area contributed by atoms with Crippen LogP contribution in [0, 0.1) is 0 Å². The zero-order valence-corrected chi connectivity index (χ0v) is 13.6. The third kappa shape index (κ3) is 6.85. The Bertz CT molecular complexity index is 426. The minimum absolute atomic E-state index is 0.00707. The standard InChI is InChI=1S/C12H24N6OS/c1-9(2)14-10(19)8-20-11-15-16-17-18(11)7-6-13-12(3,4)5/h9,13H,6-8H2,1-5H3,(H,14,19). The van der Waals surface area contributed by atoms with Crippen molar-refractivity contribution in [3.05, 3.63) is 0 Å². The molecule has 1 aromatic rings. The number of carbonyl (C=O) groups is 1. The van der Waals surface area contributed by atoms with Crippen molar-refractivity contribution in [1.82, 2.24) is 30.8 Å². The predicted octanol–water partition coefficient (Wildman–Crippen LogP) is 0.678. The van der Waals surface area contributed by atoms with E-state index in [9.17, 15) is 4.79 Å². The van der Waals surface area contributed by atoms with E-state index in [1.807, 2.05) is 13.8 Å². The van der Waals surface area contributed by atoms with Crippen molar-refractivity contribution in [2.45, 2.75) is 57.9 Å². The lowest BCUT2D eigenvalue weighted by Crippen LogP contribution is -2.38. The van der Waals surface area contributed by atoms with Gasteiger partial charge in [-0.15, -0.1) is 5.10 Å². The highest BCUT2D eigenvalue weighted by molar-refractivity contribution is 7.99. The molecule has 1 aromatic heterocycles. The van der Waals surface area contributed by atoms with Crippen molar-refractivity contribution >= 4 is 17.7 Å². The first-order chi connectivity index (χ1) is 9.28. The van der Waals surface area contributed by atoms with E-state index in [1.165, 1.54) is 11.8 Å². The summed E-state index contributed by atoms with van der Waals surface area (Å²) in [6, 6.07) is 0.148. The van der Waals surface area contributed by atoms with E-state index in [4.69, 9.17) is 0 Å². The van der Waals surface area contributed by atoms with Crippen molar-refractivity contribution in [3.63, 3.8) is 0 Å². The molecule has 0 unspecified atom stereocenters. The van der Waals surface area contributed by atoms with Crippen LogP contribution >= 0.6 is 11.8 Å². The number of aromatic nitrogens is 4. The number of rotatable bonds is 7. The Labute approximate surface area is 124 Å². The van der Waals surface area contributed by atoms with Crippen LogP contribution in [0.2, 0.25) is 0 Å². The number of nitrogens with zero attached hydrogens (tertiary/aromatic N) is 4. The molecule has 0 saturated heterocycles. The van der Waals surface area contributed by atoms with Gasteiger partial charge in [-0.3, -0.25) is 4.79 Å². The summed E-state index contributed by atoms with van der Waals surface area (Å²) in [5, 5.41) is 18.4. The monoisotopic (exact) mass is 300 g/mol. The van der Waals surface area contributed by atoms with Crippen LogP contribution in [0.3, 0.4) is 0 Å². The summed E-state index contributed by atoms with van der Waals surface area (Å²) in [4.78, 5) is 11.6. The molecule has 2 N–H and O–H groups in total. The van der Waals surface area contributed by atoms with E-state index in [0.29, 0.717) is 17.5 Å². The summed E-state index contributed by atoms with van der Waals surface area (Å²) in [5.74, 6) is 0.318. The fourth-order valence-electron chi connectivity index (χ4n) is 1.47. The number of carbonyl (C=O) groups excluding carboxylic acids is 1. The Morgan fingerprint density at radius 1 is 1.40 bits per heavy atom. The van der Waals surface area contributed by atoms with E-state index in [2.05, 4.69) is 46.9 Å². The highest BCUT2D eigenvalue weighted by atomic mass is 32.2. The molecule has 20 heavy (non-hydrogen) atoms. The van der Waals surface area contributed by atoms with Gasteiger partial charge in [0.2, 0.25) is 11.1 Å². The topological polar surface area (TPSA) is 84.7 Å². The van der Waals surface area contributed by atoms with Gasteiger partial charge in [-0.1, -0.05) is 11.8 Å². The van der Waals surface area contributed by atoms with Crippen LogP contribution in [0.15, 0.2) is 5.16 Å². The zero-order chi connectivity index (χ0) is 15.2. The molecule has 0 fully saturated rings. The molecule has 8 heteroatoms. The van der Waals surface area contributed by atoms with Crippen molar-refractivity contribution in [3.8, 4) is 0 Å². The number of nitrogens with one attached hydrogen (secondary N) is 2. The Balaban J connectivity index is 2.40. The van der Waals surface area contributed by atoms with Crippen LogP contribution in [-0.2, 0) is 11.3 Å². The Kier molecular flexibility index (Phi) is 6.41. The van der Waals surface area contributed by atoms with E-state index in [1.54, 1.807) is 4.68 Å². The second kappa shape index (κ2) is 7.58. The molecule has 0 aliphatic carbocycles. The summed E-state index contributed by atoms with van der Waals surface area (Å²) >= 11 is 1.35. The molecule has 0 aromatic carbocycles. The second-order valence-corrected chi connectivity index (χ2v) is 6.81. The molecule has 1 rings (SSSR count). The van der Waals surface area contributed by atoms with Crippen LogP contribution in [0.5, 0.6) is 0 Å². The molecular weight excluding hydrogens is 276 g/mol. The second-order valence-electron chi connectivity index (χ2n) is 5.87. The Morgan fingerprint density at radius 2 is 2.10 bits per heavy atom. The molecule has 0 radical (unpaired) electrons. The summed E-state index contributed by atoms with van der Waals surface area (Å²) < 4.78 is 1.71. The fourth-order valence-corrected chi connectivity index (χ4v) is 2.19. The minimum atomic E-state index is -0.00707. The van der Waals surface area contributed by atoms with Crippen molar-refractivity contribution in [1.29, 1.82) is 0 Å². The lowest BCUT2D eigenvalue weighted by atomic mass is 10.1. The van der Waals surface area contributed by atoms with E-state index in [-0.39, 0.29) is 17.5 Å². The van der Waals surface area contributed by atoms with Crippen LogP contribution in [0.4, 0.5) is 0 Å². The summed E-state index contributed by atoms with van der Waals surface area (Å²) in [6.07, 6.45) is 0. The highest BCUT2D eigenvalue weighted by Gasteiger charge is 2.12. The Hall–Kier alpha value is -1.15. The van der Waals surface area contributed by atoms with Crippen LogP contribution in [0.1, 0.15) is 34.6 Å². The zero-order valence-electron chi connectivity index (χ0n) is 12.8. The molecule has 1 heterocycles. The van der Waals surface area contributed by atoms with E-state index in [0.717, 1.165) is 6.54 Å². The lowest BCUT2D eigenvalue weighted by molar-refractivity contribution is -0.119. The van der Waals surface area contributed by atoms with Gasteiger partial charge >= 0.3 is 0 Å². The first-order valence-electron chi connectivity index (χ1n) is 6.71. The first kappa shape index (κ1) is 16.9. The van der Waals surface area contributed by atoms with Gasteiger partial charge in [-0.2, -0.15) is 0 Å². The molecule has 0 atom stereocenters.